The van der Waals surface area contributed by atoms with Crippen molar-refractivity contribution in [2.75, 3.05) is 0 Å². The van der Waals surface area contributed by atoms with Gasteiger partial charge in [0.25, 0.3) is 0 Å². The molecule has 2 aliphatic rings. The monoisotopic (exact) mass is 234 g/mol. The fraction of sp³-hybridized carbons (Fsp3) is 0.882. The number of rotatable bonds is 1. The fourth-order valence-electron chi connectivity index (χ4n) is 5.39. The zero-order valence-electron chi connectivity index (χ0n) is 12.7. The Hall–Kier alpha value is -0.260. The van der Waals surface area contributed by atoms with Gasteiger partial charge >= 0.3 is 0 Å². The predicted molar refractivity (Wildman–Crippen MR) is 76.1 cm³/mol. The topological polar surface area (TPSA) is 0 Å². The van der Waals surface area contributed by atoms with E-state index >= 15 is 0 Å². The lowest BCUT2D eigenvalue weighted by Gasteiger charge is -2.54. The molecule has 17 heavy (non-hydrogen) atoms. The molecule has 1 fully saturated rings. The zero-order valence-corrected chi connectivity index (χ0v) is 12.7. The molecular weight excluding hydrogens is 204 g/mol. The van der Waals surface area contributed by atoms with Gasteiger partial charge in [-0.15, -0.1) is 0 Å². The lowest BCUT2D eigenvalue weighted by molar-refractivity contribution is -0.0205. The van der Waals surface area contributed by atoms with Gasteiger partial charge in [0.1, 0.15) is 0 Å². The molecule has 0 unspecified atom stereocenters. The van der Waals surface area contributed by atoms with E-state index in [-0.39, 0.29) is 0 Å². The average Bonchev–Trinajstić information content (AvgIpc) is 2.38. The minimum Gasteiger partial charge on any atom is -0.0673 e. The Morgan fingerprint density at radius 3 is 1.82 bits per heavy atom. The van der Waals surface area contributed by atoms with Crippen molar-refractivity contribution in [2.24, 2.45) is 16.2 Å². The molecule has 2 aliphatic carbocycles. The molecule has 0 amide bonds. The largest absolute Gasteiger partial charge is 0.0673 e. The van der Waals surface area contributed by atoms with E-state index in [1.807, 2.05) is 0 Å². The molecular formula is C17H30. The van der Waals surface area contributed by atoms with Crippen LogP contribution in [0.2, 0.25) is 0 Å². The second-order valence-corrected chi connectivity index (χ2v) is 7.35. The smallest absolute Gasteiger partial charge is 0.00774 e. The van der Waals surface area contributed by atoms with E-state index in [4.69, 9.17) is 0 Å². The molecule has 0 N–H and O–H groups in total. The summed E-state index contributed by atoms with van der Waals surface area (Å²) in [6, 6.07) is 0. The summed E-state index contributed by atoms with van der Waals surface area (Å²) in [7, 11) is 0. The maximum Gasteiger partial charge on any atom is -0.00774 e. The molecule has 2 rings (SSSR count). The normalized spacial score (nSPS) is 30.0. The Labute approximate surface area is 108 Å². The first-order valence-electron chi connectivity index (χ1n) is 7.52. The standard InChI is InChI=1S/C17H30/c1-7-14-13(2)15(3,4)17(16(14,5)6)11-9-8-10-12-17/h7-12H2,1-6H3. The molecule has 0 aliphatic heterocycles. The molecule has 0 aromatic heterocycles. The molecule has 0 aromatic carbocycles. The van der Waals surface area contributed by atoms with Crippen molar-refractivity contribution < 1.29 is 0 Å². The molecule has 98 valence electrons. The molecule has 0 saturated heterocycles. The van der Waals surface area contributed by atoms with Crippen molar-refractivity contribution in [2.45, 2.75) is 80.1 Å². The summed E-state index contributed by atoms with van der Waals surface area (Å²) in [6.07, 6.45) is 8.45. The van der Waals surface area contributed by atoms with Crippen LogP contribution in [-0.4, -0.2) is 0 Å². The summed E-state index contributed by atoms with van der Waals surface area (Å²) in [5.41, 5.74) is 4.81. The molecule has 1 saturated carbocycles. The van der Waals surface area contributed by atoms with E-state index in [1.165, 1.54) is 38.5 Å². The van der Waals surface area contributed by atoms with Gasteiger partial charge in [0, 0.05) is 0 Å². The van der Waals surface area contributed by atoms with E-state index in [9.17, 15) is 0 Å². The minimum absolute atomic E-state index is 0.405. The van der Waals surface area contributed by atoms with E-state index in [2.05, 4.69) is 41.5 Å². The third-order valence-corrected chi connectivity index (χ3v) is 6.60. The Morgan fingerprint density at radius 1 is 0.882 bits per heavy atom. The van der Waals surface area contributed by atoms with Crippen LogP contribution in [0.1, 0.15) is 80.1 Å². The van der Waals surface area contributed by atoms with Crippen LogP contribution >= 0.6 is 0 Å². The predicted octanol–water partition coefficient (Wildman–Crippen LogP) is 5.73. The van der Waals surface area contributed by atoms with Gasteiger partial charge in [0.15, 0.2) is 0 Å². The molecule has 1 spiro atoms. The van der Waals surface area contributed by atoms with Gasteiger partial charge in [0.2, 0.25) is 0 Å². The molecule has 0 atom stereocenters. The Kier molecular flexibility index (Phi) is 3.00. The van der Waals surface area contributed by atoms with Crippen LogP contribution in [0.3, 0.4) is 0 Å². The van der Waals surface area contributed by atoms with Gasteiger partial charge in [-0.2, -0.15) is 0 Å². The van der Waals surface area contributed by atoms with Crippen molar-refractivity contribution in [3.8, 4) is 0 Å². The van der Waals surface area contributed by atoms with Crippen LogP contribution in [-0.2, 0) is 0 Å². The van der Waals surface area contributed by atoms with Crippen LogP contribution in [0.25, 0.3) is 0 Å². The van der Waals surface area contributed by atoms with Gasteiger partial charge in [-0.05, 0) is 42.4 Å². The first-order valence-corrected chi connectivity index (χ1v) is 7.52. The van der Waals surface area contributed by atoms with E-state index < -0.39 is 0 Å². The maximum atomic E-state index is 2.52. The lowest BCUT2D eigenvalue weighted by atomic mass is 9.50. The molecule has 0 heteroatoms. The highest BCUT2D eigenvalue weighted by molar-refractivity contribution is 5.38. The van der Waals surface area contributed by atoms with Gasteiger partial charge in [0.05, 0.1) is 0 Å². The third-order valence-electron chi connectivity index (χ3n) is 6.60. The van der Waals surface area contributed by atoms with Gasteiger partial charge in [-0.3, -0.25) is 0 Å². The van der Waals surface area contributed by atoms with Crippen LogP contribution in [0, 0.1) is 16.2 Å². The van der Waals surface area contributed by atoms with Gasteiger partial charge in [-0.25, -0.2) is 0 Å². The van der Waals surface area contributed by atoms with Gasteiger partial charge < -0.3 is 0 Å². The summed E-state index contributed by atoms with van der Waals surface area (Å²) in [5.74, 6) is 0. The Balaban J connectivity index is 2.54. The highest BCUT2D eigenvalue weighted by Crippen LogP contribution is 2.70. The van der Waals surface area contributed by atoms with E-state index in [0.29, 0.717) is 16.2 Å². The first kappa shape index (κ1) is 13.2. The summed E-state index contributed by atoms with van der Waals surface area (Å²) < 4.78 is 0. The fourth-order valence-corrected chi connectivity index (χ4v) is 5.39. The summed E-state index contributed by atoms with van der Waals surface area (Å²) in [5, 5.41) is 0. The van der Waals surface area contributed by atoms with Crippen molar-refractivity contribution in [3.63, 3.8) is 0 Å². The zero-order chi connectivity index (χ0) is 12.9. The highest BCUT2D eigenvalue weighted by atomic mass is 14.6. The molecule has 0 aromatic rings. The number of hydrogen-bond acceptors (Lipinski definition) is 0. The van der Waals surface area contributed by atoms with Crippen LogP contribution < -0.4 is 0 Å². The summed E-state index contributed by atoms with van der Waals surface area (Å²) in [6.45, 7) is 14.8. The van der Waals surface area contributed by atoms with Crippen molar-refractivity contribution >= 4 is 0 Å². The summed E-state index contributed by atoms with van der Waals surface area (Å²) in [4.78, 5) is 0. The minimum atomic E-state index is 0.405. The number of hydrogen-bond donors (Lipinski definition) is 0. The SMILES string of the molecule is CCC1=C(C)C(C)(C)C2(CCCCC2)C1(C)C. The van der Waals surface area contributed by atoms with Crippen molar-refractivity contribution in [3.05, 3.63) is 11.1 Å². The Bertz CT molecular complexity index is 335. The average molecular weight is 234 g/mol. The highest BCUT2D eigenvalue weighted by Gasteiger charge is 2.61. The molecule has 0 bridgehead atoms. The van der Waals surface area contributed by atoms with Crippen LogP contribution in [0.4, 0.5) is 0 Å². The third kappa shape index (κ3) is 1.42. The molecule has 0 radical (unpaired) electrons. The quantitative estimate of drug-likeness (QED) is 0.508. The second-order valence-electron chi connectivity index (χ2n) is 7.35. The van der Waals surface area contributed by atoms with E-state index in [0.717, 1.165) is 0 Å². The molecule has 0 heterocycles. The summed E-state index contributed by atoms with van der Waals surface area (Å²) >= 11 is 0. The lowest BCUT2D eigenvalue weighted by Crippen LogP contribution is -2.46. The van der Waals surface area contributed by atoms with Crippen LogP contribution in [0.5, 0.6) is 0 Å². The van der Waals surface area contributed by atoms with Crippen LogP contribution in [0.15, 0.2) is 11.1 Å². The van der Waals surface area contributed by atoms with Crippen molar-refractivity contribution in [1.29, 1.82) is 0 Å². The second kappa shape index (κ2) is 3.87. The molecule has 0 nitrogen and oxygen atoms in total. The number of allylic oxidation sites excluding steroid dienone is 2. The first-order chi connectivity index (χ1) is 7.81. The maximum absolute atomic E-state index is 2.52. The van der Waals surface area contributed by atoms with E-state index in [1.54, 1.807) is 11.1 Å². The van der Waals surface area contributed by atoms with Crippen molar-refractivity contribution in [1.82, 2.24) is 0 Å². The Morgan fingerprint density at radius 2 is 1.41 bits per heavy atom. The van der Waals surface area contributed by atoms with Gasteiger partial charge in [-0.1, -0.05) is 65.0 Å².